The van der Waals surface area contributed by atoms with E-state index < -0.39 is 0 Å². The molecule has 178 valence electrons. The lowest BCUT2D eigenvalue weighted by Crippen LogP contribution is -2.70. The van der Waals surface area contributed by atoms with Crippen LogP contribution in [0.25, 0.3) is 0 Å². The van der Waals surface area contributed by atoms with Gasteiger partial charge in [0.2, 0.25) is 0 Å². The zero-order valence-corrected chi connectivity index (χ0v) is 21.1. The molecule has 0 saturated heterocycles. The average molecular weight is 465 g/mol. The van der Waals surface area contributed by atoms with Crippen LogP contribution in [0, 0.1) is 12.3 Å². The Bertz CT molecular complexity index is 1350. The van der Waals surface area contributed by atoms with Gasteiger partial charge in [-0.25, -0.2) is 9.97 Å². The summed E-state index contributed by atoms with van der Waals surface area (Å²) in [6, 6.07) is 17.3. The van der Waals surface area contributed by atoms with Crippen LogP contribution in [0.15, 0.2) is 86.0 Å². The van der Waals surface area contributed by atoms with Gasteiger partial charge in [0.15, 0.2) is 11.6 Å². The van der Waals surface area contributed by atoms with Crippen LogP contribution in [0.3, 0.4) is 0 Å². The van der Waals surface area contributed by atoms with E-state index >= 15 is 0 Å². The predicted molar refractivity (Wildman–Crippen MR) is 143 cm³/mol. The Balaban J connectivity index is 1.65. The van der Waals surface area contributed by atoms with Crippen LogP contribution in [0.5, 0.6) is 0 Å². The maximum Gasteiger partial charge on any atom is 0.178 e. The largest absolute Gasteiger partial charge is 0.358 e. The fraction of sp³-hybridized carbons (Fsp3) is 0.310. The molecule has 6 rings (SSSR count). The normalized spacial score (nSPS) is 28.7. The third-order valence-corrected chi connectivity index (χ3v) is 8.66. The van der Waals surface area contributed by atoms with E-state index in [2.05, 4.69) is 128 Å². The Morgan fingerprint density at radius 2 is 1.51 bits per heavy atom. The quantitative estimate of drug-likeness (QED) is 0.483. The molecule has 3 aliphatic heterocycles. The second-order valence-electron chi connectivity index (χ2n) is 10.3. The lowest BCUT2D eigenvalue weighted by atomic mass is 9.55. The molecule has 35 heavy (non-hydrogen) atoms. The Morgan fingerprint density at radius 1 is 0.857 bits per heavy atom. The number of hydrogen-bond acceptors (Lipinski definition) is 6. The standard InChI is InChI=1S/C29H32N6/c1-7-28(3)21-13-9-11-15-23(21)35-25-24(30-16-17-31-25)33(6)27(35)29(28,4)26-32(5)18-19-34(26)22-14-10-8-12-20(22)2/h7-19,26-27H,1H2,2-6H3. The van der Waals surface area contributed by atoms with Gasteiger partial charge in [0.25, 0.3) is 0 Å². The van der Waals surface area contributed by atoms with Crippen molar-refractivity contribution in [2.75, 3.05) is 28.8 Å². The van der Waals surface area contributed by atoms with Gasteiger partial charge >= 0.3 is 0 Å². The van der Waals surface area contributed by atoms with Gasteiger partial charge < -0.3 is 19.6 Å². The van der Waals surface area contributed by atoms with Crippen molar-refractivity contribution in [3.63, 3.8) is 0 Å². The van der Waals surface area contributed by atoms with Crippen molar-refractivity contribution in [1.82, 2.24) is 14.9 Å². The lowest BCUT2D eigenvalue weighted by molar-refractivity contribution is 0.0492. The van der Waals surface area contributed by atoms with Crippen molar-refractivity contribution in [1.29, 1.82) is 0 Å². The van der Waals surface area contributed by atoms with E-state index in [-0.39, 0.29) is 23.2 Å². The fourth-order valence-electron chi connectivity index (χ4n) is 6.79. The Morgan fingerprint density at radius 3 is 2.23 bits per heavy atom. The maximum absolute atomic E-state index is 4.82. The van der Waals surface area contributed by atoms with Gasteiger partial charge in [0.05, 0.1) is 5.41 Å². The number of nitrogens with zero attached hydrogens (tertiary/aromatic N) is 6. The maximum atomic E-state index is 4.82. The van der Waals surface area contributed by atoms with E-state index in [1.807, 2.05) is 0 Å². The van der Waals surface area contributed by atoms with Crippen LogP contribution in [0.4, 0.5) is 23.0 Å². The summed E-state index contributed by atoms with van der Waals surface area (Å²) in [4.78, 5) is 19.1. The predicted octanol–water partition coefficient (Wildman–Crippen LogP) is 5.41. The first kappa shape index (κ1) is 21.7. The number of aryl methyl sites for hydroxylation is 1. The van der Waals surface area contributed by atoms with Crippen molar-refractivity contribution >= 4 is 23.0 Å². The summed E-state index contributed by atoms with van der Waals surface area (Å²) in [5.41, 5.74) is 4.17. The van der Waals surface area contributed by atoms with E-state index in [4.69, 9.17) is 9.97 Å². The molecule has 4 heterocycles. The lowest BCUT2D eigenvalue weighted by Gasteiger charge is -2.61. The summed E-state index contributed by atoms with van der Waals surface area (Å²) in [5, 5.41) is 0. The van der Waals surface area contributed by atoms with Crippen LogP contribution in [0.2, 0.25) is 0 Å². The summed E-state index contributed by atoms with van der Waals surface area (Å²) in [6.45, 7) is 11.4. The van der Waals surface area contributed by atoms with Gasteiger partial charge in [0.1, 0.15) is 12.3 Å². The van der Waals surface area contributed by atoms with Crippen LogP contribution < -0.4 is 14.7 Å². The number of benzene rings is 2. The highest BCUT2D eigenvalue weighted by molar-refractivity contribution is 5.83. The van der Waals surface area contributed by atoms with Crippen molar-refractivity contribution < 1.29 is 0 Å². The molecule has 0 bridgehead atoms. The number of fused-ring (bicyclic) bond motifs is 5. The smallest absolute Gasteiger partial charge is 0.178 e. The molecule has 0 aliphatic carbocycles. The van der Waals surface area contributed by atoms with Gasteiger partial charge in [-0.3, -0.25) is 0 Å². The zero-order valence-electron chi connectivity index (χ0n) is 21.1. The Kier molecular flexibility index (Phi) is 4.56. The minimum absolute atomic E-state index is 0.0178. The molecule has 3 aliphatic rings. The summed E-state index contributed by atoms with van der Waals surface area (Å²) in [5.74, 6) is 1.81. The summed E-state index contributed by atoms with van der Waals surface area (Å²) >= 11 is 0. The highest BCUT2D eigenvalue weighted by atomic mass is 15.5. The number of para-hydroxylation sites is 2. The molecule has 0 N–H and O–H groups in total. The highest BCUT2D eigenvalue weighted by Crippen LogP contribution is 2.63. The fourth-order valence-corrected chi connectivity index (χ4v) is 6.79. The molecule has 0 radical (unpaired) electrons. The van der Waals surface area contributed by atoms with Gasteiger partial charge in [-0.1, -0.05) is 56.3 Å². The van der Waals surface area contributed by atoms with Crippen molar-refractivity contribution in [2.24, 2.45) is 5.41 Å². The van der Waals surface area contributed by atoms with E-state index in [0.29, 0.717) is 0 Å². The topological polar surface area (TPSA) is 38.7 Å². The molecule has 0 saturated carbocycles. The average Bonchev–Trinajstić information content (AvgIpc) is 3.41. The number of hydrogen-bond donors (Lipinski definition) is 0. The third-order valence-electron chi connectivity index (χ3n) is 8.66. The van der Waals surface area contributed by atoms with Crippen LogP contribution >= 0.6 is 0 Å². The van der Waals surface area contributed by atoms with Gasteiger partial charge in [-0.2, -0.15) is 0 Å². The number of rotatable bonds is 3. The highest BCUT2D eigenvalue weighted by Gasteiger charge is 2.66. The number of aromatic nitrogens is 2. The van der Waals surface area contributed by atoms with Crippen molar-refractivity contribution in [3.8, 4) is 0 Å². The van der Waals surface area contributed by atoms with E-state index in [9.17, 15) is 0 Å². The molecule has 0 amide bonds. The van der Waals surface area contributed by atoms with Crippen LogP contribution in [0.1, 0.15) is 25.0 Å². The SMILES string of the molecule is C=CC1(C)c2ccccc2N2c3nccnc3N(C)C2C1(C)C1N(C)C=CN1c1ccccc1C. The molecule has 3 aromatic rings. The minimum atomic E-state index is -0.360. The number of anilines is 4. The molecule has 4 atom stereocenters. The Labute approximate surface area is 207 Å². The molecular weight excluding hydrogens is 432 g/mol. The monoisotopic (exact) mass is 464 g/mol. The van der Waals surface area contributed by atoms with Crippen molar-refractivity contribution in [3.05, 3.63) is 97.1 Å². The summed E-state index contributed by atoms with van der Waals surface area (Å²) in [7, 11) is 4.33. The molecule has 6 nitrogen and oxygen atoms in total. The molecule has 0 spiro atoms. The second kappa shape index (κ2) is 7.35. The van der Waals surface area contributed by atoms with Gasteiger partial charge in [0, 0.05) is 55.7 Å². The van der Waals surface area contributed by atoms with Gasteiger partial charge in [-0.15, -0.1) is 6.58 Å². The molecule has 2 aromatic carbocycles. The number of allylic oxidation sites excluding steroid dienone is 1. The zero-order chi connectivity index (χ0) is 24.5. The molecule has 4 unspecified atom stereocenters. The second-order valence-corrected chi connectivity index (χ2v) is 10.3. The third kappa shape index (κ3) is 2.60. The van der Waals surface area contributed by atoms with Crippen LogP contribution in [-0.2, 0) is 5.41 Å². The summed E-state index contributed by atoms with van der Waals surface area (Å²) < 4.78 is 0. The molecule has 0 fully saturated rings. The molecule has 1 aromatic heterocycles. The van der Waals surface area contributed by atoms with Crippen molar-refractivity contribution in [2.45, 2.75) is 38.5 Å². The Hall–Kier alpha value is -3.80. The molecule has 6 heteroatoms. The first-order valence-corrected chi connectivity index (χ1v) is 12.1. The van der Waals surface area contributed by atoms with Crippen LogP contribution in [-0.4, -0.2) is 41.3 Å². The first-order chi connectivity index (χ1) is 16.8. The van der Waals surface area contributed by atoms with E-state index in [0.717, 1.165) is 11.6 Å². The van der Waals surface area contributed by atoms with E-state index in [1.165, 1.54) is 22.5 Å². The minimum Gasteiger partial charge on any atom is -0.358 e. The van der Waals surface area contributed by atoms with Gasteiger partial charge in [-0.05, 0) is 30.2 Å². The first-order valence-electron chi connectivity index (χ1n) is 12.1. The summed E-state index contributed by atoms with van der Waals surface area (Å²) in [6.07, 6.45) is 10.1. The van der Waals surface area contributed by atoms with E-state index in [1.54, 1.807) is 12.4 Å². The molecular formula is C29H32N6.